The zero-order valence-electron chi connectivity index (χ0n) is 13.5. The molecule has 0 aliphatic heterocycles. The molecule has 2 aromatic carbocycles. The number of amides is 3. The second kappa shape index (κ2) is 8.58. The molecule has 0 aromatic heterocycles. The summed E-state index contributed by atoms with van der Waals surface area (Å²) in [6.07, 6.45) is -5.83. The Morgan fingerprint density at radius 3 is 2.26 bits per heavy atom. The Morgan fingerprint density at radius 1 is 1.04 bits per heavy atom. The lowest BCUT2D eigenvalue weighted by Gasteiger charge is -2.11. The van der Waals surface area contributed by atoms with E-state index < -0.39 is 30.4 Å². The minimum Gasteiger partial charge on any atom is -0.305 e. The Bertz CT molecular complexity index is 852. The van der Waals surface area contributed by atoms with Crippen molar-refractivity contribution in [3.63, 3.8) is 0 Å². The molecular formula is C17H12Cl2F4N2O2. The molecule has 3 amide bonds. The second-order valence-corrected chi connectivity index (χ2v) is 6.25. The van der Waals surface area contributed by atoms with Crippen molar-refractivity contribution < 1.29 is 27.2 Å². The standard InChI is InChI=1S/C17H12Cl2F4N2O2/c18-10-2-1-3-11(19)14(10)15(26)25-16(27)24-13-8-9(4-5-12(13)20)6-7-17(21,22)23/h1-5,8H,6-7H2,(H2,24,25,26,27). The maximum Gasteiger partial charge on any atom is 0.389 e. The van der Waals surface area contributed by atoms with Gasteiger partial charge in [-0.15, -0.1) is 0 Å². The van der Waals surface area contributed by atoms with Crippen LogP contribution in [-0.2, 0) is 6.42 Å². The molecule has 0 aliphatic carbocycles. The van der Waals surface area contributed by atoms with Crippen LogP contribution in [0.25, 0.3) is 0 Å². The molecule has 2 rings (SSSR count). The predicted octanol–water partition coefficient (Wildman–Crippen LogP) is 5.59. The maximum absolute atomic E-state index is 13.8. The van der Waals surface area contributed by atoms with Crippen molar-refractivity contribution in [2.24, 2.45) is 0 Å². The number of carbonyl (C=O) groups is 2. The summed E-state index contributed by atoms with van der Waals surface area (Å²) in [5, 5.41) is 4.01. The third kappa shape index (κ3) is 6.11. The molecule has 0 saturated heterocycles. The minimum atomic E-state index is -4.36. The van der Waals surface area contributed by atoms with Gasteiger partial charge in [0, 0.05) is 6.42 Å². The highest BCUT2D eigenvalue weighted by atomic mass is 35.5. The number of anilines is 1. The Morgan fingerprint density at radius 2 is 1.67 bits per heavy atom. The highest BCUT2D eigenvalue weighted by Crippen LogP contribution is 2.25. The highest BCUT2D eigenvalue weighted by molar-refractivity contribution is 6.40. The van der Waals surface area contributed by atoms with E-state index in [2.05, 4.69) is 5.32 Å². The van der Waals surface area contributed by atoms with Crippen LogP contribution in [0.4, 0.5) is 28.0 Å². The molecule has 0 atom stereocenters. The fourth-order valence-corrected chi connectivity index (χ4v) is 2.71. The molecule has 4 nitrogen and oxygen atoms in total. The Kier molecular flexibility index (Phi) is 6.67. The van der Waals surface area contributed by atoms with Crippen molar-refractivity contribution in [2.75, 3.05) is 5.32 Å². The first-order valence-corrected chi connectivity index (χ1v) is 8.24. The molecule has 0 aliphatic rings. The zero-order valence-corrected chi connectivity index (χ0v) is 15.0. The number of alkyl halides is 3. The molecule has 0 fully saturated rings. The highest BCUT2D eigenvalue weighted by Gasteiger charge is 2.26. The van der Waals surface area contributed by atoms with E-state index in [1.807, 2.05) is 5.32 Å². The third-order valence-corrected chi connectivity index (χ3v) is 4.02. The van der Waals surface area contributed by atoms with Crippen LogP contribution in [0.5, 0.6) is 0 Å². The van der Waals surface area contributed by atoms with Gasteiger partial charge in [0.1, 0.15) is 5.82 Å². The summed E-state index contributed by atoms with van der Waals surface area (Å²) >= 11 is 11.7. The third-order valence-electron chi connectivity index (χ3n) is 3.39. The van der Waals surface area contributed by atoms with Gasteiger partial charge >= 0.3 is 12.2 Å². The SMILES string of the molecule is O=C(NC(=O)c1c(Cl)cccc1Cl)Nc1cc(CCC(F)(F)F)ccc1F. The van der Waals surface area contributed by atoms with Crippen molar-refractivity contribution >= 4 is 40.8 Å². The van der Waals surface area contributed by atoms with Crippen molar-refractivity contribution in [2.45, 2.75) is 19.0 Å². The quantitative estimate of drug-likeness (QED) is 0.630. The molecule has 2 aromatic rings. The fraction of sp³-hybridized carbons (Fsp3) is 0.176. The molecule has 0 radical (unpaired) electrons. The topological polar surface area (TPSA) is 58.2 Å². The molecule has 2 N–H and O–H groups in total. The van der Waals surface area contributed by atoms with Gasteiger partial charge in [-0.25, -0.2) is 9.18 Å². The van der Waals surface area contributed by atoms with Crippen LogP contribution in [0.1, 0.15) is 22.3 Å². The summed E-state index contributed by atoms with van der Waals surface area (Å²) in [4.78, 5) is 24.0. The van der Waals surface area contributed by atoms with Gasteiger partial charge in [-0.1, -0.05) is 35.3 Å². The summed E-state index contributed by atoms with van der Waals surface area (Å²) in [5.41, 5.74) is -0.342. The lowest BCUT2D eigenvalue weighted by atomic mass is 10.1. The number of urea groups is 1. The zero-order chi connectivity index (χ0) is 20.2. The monoisotopic (exact) mass is 422 g/mol. The van der Waals surface area contributed by atoms with Crippen LogP contribution >= 0.6 is 23.2 Å². The number of hydrogen-bond donors (Lipinski definition) is 2. The number of aryl methyl sites for hydroxylation is 1. The number of nitrogens with one attached hydrogen (secondary N) is 2. The molecule has 27 heavy (non-hydrogen) atoms. The summed E-state index contributed by atoms with van der Waals surface area (Å²) in [6.45, 7) is 0. The normalized spacial score (nSPS) is 11.2. The van der Waals surface area contributed by atoms with Crippen molar-refractivity contribution in [1.29, 1.82) is 0 Å². The molecule has 0 saturated carbocycles. The van der Waals surface area contributed by atoms with Crippen LogP contribution in [0.15, 0.2) is 36.4 Å². The van der Waals surface area contributed by atoms with E-state index in [1.54, 1.807) is 0 Å². The lowest BCUT2D eigenvalue weighted by Crippen LogP contribution is -2.35. The van der Waals surface area contributed by atoms with E-state index in [9.17, 15) is 27.2 Å². The van der Waals surface area contributed by atoms with E-state index in [-0.39, 0.29) is 33.3 Å². The summed E-state index contributed by atoms with van der Waals surface area (Å²) < 4.78 is 50.7. The Balaban J connectivity index is 2.08. The first-order valence-electron chi connectivity index (χ1n) is 7.48. The molecule has 144 valence electrons. The van der Waals surface area contributed by atoms with Crippen molar-refractivity contribution in [3.8, 4) is 0 Å². The van der Waals surface area contributed by atoms with E-state index in [0.717, 1.165) is 12.1 Å². The molecule has 10 heteroatoms. The number of hydrogen-bond acceptors (Lipinski definition) is 2. The van der Waals surface area contributed by atoms with E-state index in [0.29, 0.717) is 0 Å². The summed E-state index contributed by atoms with van der Waals surface area (Å²) in [7, 11) is 0. The van der Waals surface area contributed by atoms with Gasteiger partial charge in [0.2, 0.25) is 0 Å². The van der Waals surface area contributed by atoms with Gasteiger partial charge in [0.15, 0.2) is 0 Å². The molecule has 0 bridgehead atoms. The average molecular weight is 423 g/mol. The van der Waals surface area contributed by atoms with Crippen molar-refractivity contribution in [3.05, 3.63) is 63.4 Å². The van der Waals surface area contributed by atoms with Crippen LogP contribution in [-0.4, -0.2) is 18.1 Å². The lowest BCUT2D eigenvalue weighted by molar-refractivity contribution is -0.134. The second-order valence-electron chi connectivity index (χ2n) is 5.43. The van der Waals surface area contributed by atoms with Crippen LogP contribution in [0.2, 0.25) is 10.0 Å². The number of rotatable bonds is 4. The molecular weight excluding hydrogens is 411 g/mol. The Hall–Kier alpha value is -2.32. The van der Waals surface area contributed by atoms with Gasteiger partial charge in [0.05, 0.1) is 21.3 Å². The number of carbonyl (C=O) groups excluding carboxylic acids is 2. The smallest absolute Gasteiger partial charge is 0.305 e. The van der Waals surface area contributed by atoms with E-state index in [4.69, 9.17) is 23.2 Å². The van der Waals surface area contributed by atoms with Crippen molar-refractivity contribution in [1.82, 2.24) is 5.32 Å². The maximum atomic E-state index is 13.8. The minimum absolute atomic E-state index is 0.00753. The predicted molar refractivity (Wildman–Crippen MR) is 93.7 cm³/mol. The molecule has 0 heterocycles. The van der Waals surface area contributed by atoms with Crippen LogP contribution in [0.3, 0.4) is 0 Å². The summed E-state index contributed by atoms with van der Waals surface area (Å²) in [5.74, 6) is -1.79. The number of benzene rings is 2. The van der Waals surface area contributed by atoms with Gasteiger partial charge in [-0.3, -0.25) is 10.1 Å². The van der Waals surface area contributed by atoms with Crippen LogP contribution in [0, 0.1) is 5.82 Å². The average Bonchev–Trinajstić information content (AvgIpc) is 2.54. The number of imide groups is 1. The molecule has 0 unspecified atom stereocenters. The van der Waals surface area contributed by atoms with Gasteiger partial charge in [0.25, 0.3) is 5.91 Å². The van der Waals surface area contributed by atoms with Gasteiger partial charge in [-0.05, 0) is 36.2 Å². The van der Waals surface area contributed by atoms with Crippen LogP contribution < -0.4 is 10.6 Å². The van der Waals surface area contributed by atoms with E-state index in [1.165, 1.54) is 24.3 Å². The first-order chi connectivity index (χ1) is 12.6. The summed E-state index contributed by atoms with van der Waals surface area (Å²) in [6, 6.07) is 6.36. The van der Waals surface area contributed by atoms with E-state index >= 15 is 0 Å². The Labute approximate surface area is 161 Å². The number of halogens is 6. The largest absolute Gasteiger partial charge is 0.389 e. The molecule has 0 spiro atoms. The first kappa shape index (κ1) is 21.0. The van der Waals surface area contributed by atoms with Gasteiger partial charge in [-0.2, -0.15) is 13.2 Å². The fourth-order valence-electron chi connectivity index (χ4n) is 2.14. The van der Waals surface area contributed by atoms with Gasteiger partial charge < -0.3 is 5.32 Å².